The fourth-order valence-electron chi connectivity index (χ4n) is 5.47. The molecule has 5 heteroatoms. The molecular weight excluding hydrogens is 417 g/mol. The lowest BCUT2D eigenvalue weighted by molar-refractivity contribution is -0.123. The van der Waals surface area contributed by atoms with Gasteiger partial charge in [0.2, 0.25) is 0 Å². The van der Waals surface area contributed by atoms with Crippen LogP contribution in [0.25, 0.3) is 10.8 Å². The first kappa shape index (κ1) is 21.6. The monoisotopic (exact) mass is 445 g/mol. The molecule has 4 nitrogen and oxygen atoms in total. The molecule has 3 aromatic rings. The van der Waals surface area contributed by atoms with Gasteiger partial charge < -0.3 is 10.1 Å². The third-order valence-corrected chi connectivity index (χ3v) is 7.20. The number of fused-ring (bicyclic) bond motifs is 2. The average molecular weight is 446 g/mol. The predicted octanol–water partition coefficient (Wildman–Crippen LogP) is 5.51. The number of amides is 1. The summed E-state index contributed by atoms with van der Waals surface area (Å²) < 4.78 is 19.6. The maximum Gasteiger partial charge on any atom is 0.257 e. The Morgan fingerprint density at radius 2 is 1.88 bits per heavy atom. The number of rotatable bonds is 8. The lowest BCUT2D eigenvalue weighted by Crippen LogP contribution is -2.31. The summed E-state index contributed by atoms with van der Waals surface area (Å²) in [5.41, 5.74) is 1.17. The van der Waals surface area contributed by atoms with Crippen molar-refractivity contribution in [2.24, 2.45) is 17.3 Å². The van der Waals surface area contributed by atoms with Crippen molar-refractivity contribution in [1.82, 2.24) is 5.32 Å². The molecule has 0 radical (unpaired) electrons. The second-order valence-corrected chi connectivity index (χ2v) is 9.69. The summed E-state index contributed by atoms with van der Waals surface area (Å²) in [6.07, 6.45) is 1.83. The first-order valence-electron chi connectivity index (χ1n) is 11.6. The summed E-state index contributed by atoms with van der Waals surface area (Å²) in [5.74, 6) is 1.03. The molecule has 2 fully saturated rings. The summed E-state index contributed by atoms with van der Waals surface area (Å²) in [7, 11) is 0. The van der Waals surface area contributed by atoms with Crippen LogP contribution in [0.15, 0.2) is 60.7 Å². The number of carbonyl (C=O) groups is 2. The van der Waals surface area contributed by atoms with E-state index in [9.17, 15) is 14.0 Å². The Morgan fingerprint density at radius 1 is 1.09 bits per heavy atom. The van der Waals surface area contributed by atoms with E-state index in [1.54, 1.807) is 18.2 Å². The Morgan fingerprint density at radius 3 is 2.58 bits per heavy atom. The van der Waals surface area contributed by atoms with Gasteiger partial charge >= 0.3 is 0 Å². The van der Waals surface area contributed by atoms with Crippen molar-refractivity contribution in [1.29, 1.82) is 0 Å². The van der Waals surface area contributed by atoms with E-state index in [1.165, 1.54) is 6.07 Å². The molecular formula is C28H28FNO3. The smallest absolute Gasteiger partial charge is 0.257 e. The zero-order valence-corrected chi connectivity index (χ0v) is 18.9. The van der Waals surface area contributed by atoms with E-state index >= 15 is 0 Å². The Kier molecular flexibility index (Phi) is 5.43. The number of hydrogen-bond donors (Lipinski definition) is 1. The van der Waals surface area contributed by atoms with Gasteiger partial charge in [-0.25, -0.2) is 4.39 Å². The molecule has 3 aromatic carbocycles. The van der Waals surface area contributed by atoms with Gasteiger partial charge in [0.05, 0.1) is 0 Å². The van der Waals surface area contributed by atoms with Crippen LogP contribution in [-0.4, -0.2) is 24.8 Å². The minimum atomic E-state index is -0.421. The Hall–Kier alpha value is -3.21. The van der Waals surface area contributed by atoms with Crippen LogP contribution in [0.2, 0.25) is 0 Å². The van der Waals surface area contributed by atoms with Crippen molar-refractivity contribution < 1.29 is 18.7 Å². The number of ether oxygens (including phenoxy) is 1. The molecule has 0 aromatic heterocycles. The predicted molar refractivity (Wildman–Crippen MR) is 126 cm³/mol. The summed E-state index contributed by atoms with van der Waals surface area (Å²) in [5, 5.41) is 4.49. The van der Waals surface area contributed by atoms with E-state index in [4.69, 9.17) is 4.74 Å². The first-order chi connectivity index (χ1) is 15.9. The number of ketones is 1. The molecule has 3 unspecified atom stereocenters. The van der Waals surface area contributed by atoms with Crippen LogP contribution in [0, 0.1) is 23.1 Å². The molecule has 5 rings (SSSR count). The van der Waals surface area contributed by atoms with E-state index in [2.05, 4.69) is 5.32 Å². The van der Waals surface area contributed by atoms with Crippen LogP contribution in [0.5, 0.6) is 5.75 Å². The van der Waals surface area contributed by atoms with Gasteiger partial charge in [-0.15, -0.1) is 0 Å². The first-order valence-corrected chi connectivity index (χ1v) is 11.6. The summed E-state index contributed by atoms with van der Waals surface area (Å²) in [4.78, 5) is 25.9. The summed E-state index contributed by atoms with van der Waals surface area (Å²) >= 11 is 0. The van der Waals surface area contributed by atoms with Gasteiger partial charge in [0, 0.05) is 28.8 Å². The molecule has 0 aliphatic heterocycles. The van der Waals surface area contributed by atoms with Crippen molar-refractivity contribution in [2.45, 2.75) is 32.6 Å². The van der Waals surface area contributed by atoms with Crippen LogP contribution in [-0.2, 0) is 4.79 Å². The van der Waals surface area contributed by atoms with Gasteiger partial charge in [-0.1, -0.05) is 50.2 Å². The summed E-state index contributed by atoms with van der Waals surface area (Å²) in [6, 6.07) is 17.9. The second kappa shape index (κ2) is 8.29. The minimum Gasteiger partial charge on any atom is -0.483 e. The number of Topliss-reactive ketones (excluding diaryl/α,β-unsaturated/α-hetero) is 1. The van der Waals surface area contributed by atoms with E-state index in [-0.39, 0.29) is 36.0 Å². The maximum atomic E-state index is 13.8. The Balaban J connectivity index is 1.40. The lowest BCUT2D eigenvalue weighted by Gasteiger charge is -2.25. The number of hydrogen-bond acceptors (Lipinski definition) is 3. The van der Waals surface area contributed by atoms with Gasteiger partial charge in [0.25, 0.3) is 5.91 Å². The maximum absolute atomic E-state index is 13.8. The number of halogens is 1. The molecule has 33 heavy (non-hydrogen) atoms. The number of benzene rings is 3. The van der Waals surface area contributed by atoms with Crippen LogP contribution >= 0.6 is 0 Å². The van der Waals surface area contributed by atoms with Crippen LogP contribution < -0.4 is 10.1 Å². The van der Waals surface area contributed by atoms with Gasteiger partial charge in [-0.2, -0.15) is 0 Å². The van der Waals surface area contributed by atoms with E-state index < -0.39 is 5.41 Å². The van der Waals surface area contributed by atoms with Crippen molar-refractivity contribution in [3.8, 4) is 5.75 Å². The molecule has 3 atom stereocenters. The second-order valence-electron chi connectivity index (χ2n) is 9.69. The molecule has 1 N–H and O–H groups in total. The topological polar surface area (TPSA) is 55.4 Å². The molecule has 170 valence electrons. The van der Waals surface area contributed by atoms with Crippen molar-refractivity contribution in [3.05, 3.63) is 77.6 Å². The molecule has 2 aliphatic carbocycles. The normalized spacial score (nSPS) is 23.0. The highest BCUT2D eigenvalue weighted by atomic mass is 19.1. The van der Waals surface area contributed by atoms with Crippen molar-refractivity contribution in [3.63, 3.8) is 0 Å². The number of nitrogens with one attached hydrogen (secondary N) is 1. The quantitative estimate of drug-likeness (QED) is 0.466. The lowest BCUT2D eigenvalue weighted by atomic mass is 9.77. The molecule has 0 bridgehead atoms. The van der Waals surface area contributed by atoms with Gasteiger partial charge in [-0.3, -0.25) is 9.59 Å². The molecule has 2 aliphatic rings. The zero-order valence-electron chi connectivity index (χ0n) is 18.9. The minimum absolute atomic E-state index is 0.0718. The van der Waals surface area contributed by atoms with Crippen molar-refractivity contribution in [2.75, 3.05) is 13.2 Å². The fourth-order valence-corrected chi connectivity index (χ4v) is 5.47. The van der Waals surface area contributed by atoms with Gasteiger partial charge in [0.1, 0.15) is 11.6 Å². The molecule has 1 amide bonds. The van der Waals surface area contributed by atoms with Gasteiger partial charge in [0.15, 0.2) is 12.4 Å². The molecule has 0 heterocycles. The fraction of sp³-hybridized carbons (Fsp3) is 0.357. The standard InChI is InChI=1S/C28H28FNO3/c1-17(2)15-30-25(31)16-33-24-11-10-22(20-8-3-4-9-21(20)24)27(32)28-13-12-23(28)26(28)18-6-5-7-19(29)14-18/h3-11,14,17,23,26H,12-13,15-16H2,1-2H3,(H,30,31). The highest BCUT2D eigenvalue weighted by molar-refractivity contribution is 6.14. The summed E-state index contributed by atoms with van der Waals surface area (Å²) in [6.45, 7) is 4.61. The highest BCUT2D eigenvalue weighted by Gasteiger charge is 2.74. The number of carbonyl (C=O) groups excluding carboxylic acids is 2. The van der Waals surface area contributed by atoms with Crippen LogP contribution in [0.1, 0.15) is 48.5 Å². The third kappa shape index (κ3) is 3.69. The average Bonchev–Trinajstić information content (AvgIpc) is 3.29. The molecule has 0 saturated heterocycles. The molecule has 2 saturated carbocycles. The molecule has 0 spiro atoms. The van der Waals surface area contributed by atoms with Crippen molar-refractivity contribution >= 4 is 22.5 Å². The van der Waals surface area contributed by atoms with E-state index in [0.717, 1.165) is 29.2 Å². The van der Waals surface area contributed by atoms with Crippen LogP contribution in [0.3, 0.4) is 0 Å². The Bertz CT molecular complexity index is 1240. The highest BCUT2D eigenvalue weighted by Crippen LogP contribution is 2.77. The van der Waals surface area contributed by atoms with E-state index in [1.807, 2.05) is 50.2 Å². The SMILES string of the molecule is CC(C)CNC(=O)COc1ccc(C(=O)C23CCC2C3c2cccc(F)c2)c2ccccc12. The van der Waals surface area contributed by atoms with E-state index in [0.29, 0.717) is 23.8 Å². The Labute approximate surface area is 193 Å². The largest absolute Gasteiger partial charge is 0.483 e. The third-order valence-electron chi connectivity index (χ3n) is 7.20. The zero-order chi connectivity index (χ0) is 23.2. The van der Waals surface area contributed by atoms with Crippen LogP contribution in [0.4, 0.5) is 4.39 Å². The van der Waals surface area contributed by atoms with Gasteiger partial charge in [-0.05, 0) is 59.9 Å².